The van der Waals surface area contributed by atoms with E-state index in [1.54, 1.807) is 42.2 Å². The van der Waals surface area contributed by atoms with Crippen LogP contribution in [-0.4, -0.2) is 4.98 Å². The fraction of sp³-hybridized carbons (Fsp3) is 0.167. The molecule has 0 spiro atoms. The van der Waals surface area contributed by atoms with Crippen molar-refractivity contribution in [2.45, 2.75) is 20.6 Å². The fourth-order valence-corrected chi connectivity index (χ4v) is 3.90. The van der Waals surface area contributed by atoms with Gasteiger partial charge >= 0.3 is 0 Å². The Kier molecular flexibility index (Phi) is 2.27. The minimum absolute atomic E-state index is 0.190. The van der Waals surface area contributed by atoms with Gasteiger partial charge < -0.3 is 4.42 Å². The number of rotatable bonds is 1. The molecule has 0 radical (unpaired) electrons. The molecular weight excluding hydrogens is 332 g/mol. The molecule has 132 valence electrons. The molecule has 0 unspecified atom stereocenters. The molecule has 0 atom stereocenters. The van der Waals surface area contributed by atoms with Crippen molar-refractivity contribution in [3.05, 3.63) is 71.5 Å². The van der Waals surface area contributed by atoms with Crippen molar-refractivity contribution in [1.29, 1.82) is 0 Å². The van der Waals surface area contributed by atoms with Crippen LogP contribution in [0.1, 0.15) is 24.9 Å². The molecule has 3 heterocycles. The Bertz CT molecular complexity index is 1560. The molecule has 2 aromatic carbocycles. The first-order valence-electron chi connectivity index (χ1n) is 11.7. The number of benzene rings is 2. The van der Waals surface area contributed by atoms with Gasteiger partial charge in [0.05, 0.1) is 11.1 Å². The van der Waals surface area contributed by atoms with E-state index in [-0.39, 0.29) is 11.1 Å². The van der Waals surface area contributed by atoms with Crippen molar-refractivity contribution in [3.8, 4) is 11.3 Å². The van der Waals surface area contributed by atoms with Crippen molar-refractivity contribution in [3.63, 3.8) is 0 Å². The number of fused-ring (bicyclic) bond motifs is 5. The van der Waals surface area contributed by atoms with Crippen molar-refractivity contribution in [2.75, 3.05) is 0 Å². The zero-order valence-corrected chi connectivity index (χ0v) is 15.0. The summed E-state index contributed by atoms with van der Waals surface area (Å²) in [5, 5.41) is 2.05. The molecular formula is C24H21N2O+. The monoisotopic (exact) mass is 359 g/mol. The lowest BCUT2D eigenvalue weighted by Gasteiger charge is -2.07. The van der Waals surface area contributed by atoms with E-state index in [2.05, 4.69) is 4.98 Å². The van der Waals surface area contributed by atoms with E-state index >= 15 is 0 Å². The molecule has 0 aliphatic heterocycles. The third-order valence-corrected chi connectivity index (χ3v) is 5.08. The van der Waals surface area contributed by atoms with Crippen molar-refractivity contribution < 1.29 is 17.2 Å². The zero-order valence-electron chi connectivity index (χ0n) is 21.0. The minimum Gasteiger partial charge on any atom is -0.449 e. The second kappa shape index (κ2) is 5.65. The van der Waals surface area contributed by atoms with Gasteiger partial charge in [0.25, 0.3) is 5.69 Å². The van der Waals surface area contributed by atoms with Crippen molar-refractivity contribution >= 4 is 32.8 Å². The Hall–Kier alpha value is -3.20. The third-order valence-electron chi connectivity index (χ3n) is 5.08. The van der Waals surface area contributed by atoms with Gasteiger partial charge in [-0.2, -0.15) is 4.57 Å². The van der Waals surface area contributed by atoms with E-state index in [0.717, 1.165) is 22.0 Å². The number of furan rings is 1. The number of aromatic nitrogens is 2. The van der Waals surface area contributed by atoms with E-state index in [4.69, 9.17) is 12.6 Å². The highest BCUT2D eigenvalue weighted by molar-refractivity contribution is 6.20. The third kappa shape index (κ3) is 2.28. The Balaban J connectivity index is 1.95. The highest BCUT2D eigenvalue weighted by atomic mass is 16.3. The molecule has 3 heteroatoms. The molecule has 3 aromatic heterocycles. The molecule has 0 N–H and O–H groups in total. The Labute approximate surface area is 166 Å². The standard InChI is InChI=1S/C24H21N2O/c1-14-7-8-17(15(2)12-14)23-24-21(16(3)13-26(23)4)22-18-6-5-11-25-19(18)9-10-20(22)27-24/h5-13H,1-4H3/q+1/i1D3,3D3. The molecule has 0 saturated heterocycles. The van der Waals surface area contributed by atoms with E-state index in [1.807, 2.05) is 31.2 Å². The largest absolute Gasteiger partial charge is 0.449 e. The smallest absolute Gasteiger partial charge is 0.256 e. The van der Waals surface area contributed by atoms with Gasteiger partial charge in [-0.05, 0) is 50.5 Å². The van der Waals surface area contributed by atoms with Gasteiger partial charge in [-0.3, -0.25) is 4.98 Å². The van der Waals surface area contributed by atoms with Gasteiger partial charge in [0.15, 0.2) is 6.20 Å². The van der Waals surface area contributed by atoms with Gasteiger partial charge in [-0.1, -0.05) is 23.8 Å². The van der Waals surface area contributed by atoms with Crippen LogP contribution in [0.15, 0.2) is 59.3 Å². The maximum absolute atomic E-state index is 8.19. The molecule has 27 heavy (non-hydrogen) atoms. The predicted octanol–water partition coefficient (Wildman–Crippen LogP) is 5.55. The first-order valence-corrected chi connectivity index (χ1v) is 8.71. The lowest BCUT2D eigenvalue weighted by Crippen LogP contribution is -2.31. The maximum atomic E-state index is 8.19. The minimum atomic E-state index is -2.37. The molecule has 0 saturated carbocycles. The summed E-state index contributed by atoms with van der Waals surface area (Å²) in [5.41, 5.74) is 4.42. The van der Waals surface area contributed by atoms with E-state index in [1.165, 1.54) is 0 Å². The Morgan fingerprint density at radius 2 is 1.96 bits per heavy atom. The Morgan fingerprint density at radius 1 is 1.04 bits per heavy atom. The van der Waals surface area contributed by atoms with Crippen LogP contribution in [0.3, 0.4) is 0 Å². The first-order chi connectivity index (χ1) is 15.5. The molecule has 0 amide bonds. The van der Waals surface area contributed by atoms with Crippen LogP contribution in [0.2, 0.25) is 0 Å². The van der Waals surface area contributed by atoms with Gasteiger partial charge in [-0.15, -0.1) is 0 Å². The van der Waals surface area contributed by atoms with Crippen LogP contribution in [0.5, 0.6) is 0 Å². The van der Waals surface area contributed by atoms with Crippen molar-refractivity contribution in [1.82, 2.24) is 4.98 Å². The summed E-state index contributed by atoms with van der Waals surface area (Å²) in [6.07, 6.45) is 3.31. The molecule has 0 aliphatic rings. The number of aryl methyl sites for hydroxylation is 4. The summed E-state index contributed by atoms with van der Waals surface area (Å²) < 4.78 is 55.7. The SMILES string of the molecule is [2H]C([2H])([2H])c1ccc(-c2c3oc4ccc5ncccc5c4c3c(C([2H])([2H])[2H])c[n+]2C)c(C)c1. The second-order valence-electron chi connectivity index (χ2n) is 6.85. The summed E-state index contributed by atoms with van der Waals surface area (Å²) >= 11 is 0. The average molecular weight is 359 g/mol. The summed E-state index contributed by atoms with van der Waals surface area (Å²) in [4.78, 5) is 4.41. The van der Waals surface area contributed by atoms with Crippen LogP contribution in [0.4, 0.5) is 0 Å². The molecule has 3 nitrogen and oxygen atoms in total. The molecule has 0 fully saturated rings. The highest BCUT2D eigenvalue weighted by Gasteiger charge is 2.25. The van der Waals surface area contributed by atoms with Gasteiger partial charge in [0.2, 0.25) is 5.58 Å². The Morgan fingerprint density at radius 3 is 2.78 bits per heavy atom. The van der Waals surface area contributed by atoms with Crippen LogP contribution >= 0.6 is 0 Å². The average Bonchev–Trinajstić information content (AvgIpc) is 3.12. The predicted molar refractivity (Wildman–Crippen MR) is 110 cm³/mol. The number of hydrogen-bond acceptors (Lipinski definition) is 2. The van der Waals surface area contributed by atoms with Crippen LogP contribution in [0, 0.1) is 20.6 Å². The van der Waals surface area contributed by atoms with Gasteiger partial charge in [0.1, 0.15) is 12.6 Å². The molecule has 0 bridgehead atoms. The molecule has 0 aliphatic carbocycles. The number of hydrogen-bond donors (Lipinski definition) is 0. The van der Waals surface area contributed by atoms with Crippen LogP contribution in [-0.2, 0) is 7.05 Å². The van der Waals surface area contributed by atoms with Crippen LogP contribution in [0.25, 0.3) is 44.1 Å². The van der Waals surface area contributed by atoms with E-state index < -0.39 is 13.7 Å². The lowest BCUT2D eigenvalue weighted by molar-refractivity contribution is -0.659. The van der Waals surface area contributed by atoms with Gasteiger partial charge in [-0.25, -0.2) is 0 Å². The summed E-state index contributed by atoms with van der Waals surface area (Å²) in [7, 11) is 1.77. The maximum Gasteiger partial charge on any atom is 0.256 e. The lowest BCUT2D eigenvalue weighted by atomic mass is 9.98. The molecule has 5 aromatic rings. The normalized spacial score (nSPS) is 15.9. The topological polar surface area (TPSA) is 29.9 Å². The second-order valence-corrected chi connectivity index (χ2v) is 6.85. The quantitative estimate of drug-likeness (QED) is 0.367. The summed E-state index contributed by atoms with van der Waals surface area (Å²) in [6, 6.07) is 12.4. The van der Waals surface area contributed by atoms with E-state index in [9.17, 15) is 0 Å². The highest BCUT2D eigenvalue weighted by Crippen LogP contribution is 2.39. The number of pyridine rings is 2. The van der Waals surface area contributed by atoms with Crippen molar-refractivity contribution in [2.24, 2.45) is 7.05 Å². The fourth-order valence-electron chi connectivity index (χ4n) is 3.90. The summed E-state index contributed by atoms with van der Waals surface area (Å²) in [6.45, 7) is -2.73. The molecule has 5 rings (SSSR count). The zero-order chi connectivity index (χ0) is 23.7. The van der Waals surface area contributed by atoms with E-state index in [0.29, 0.717) is 27.6 Å². The number of nitrogens with zero attached hydrogens (tertiary/aromatic N) is 2. The summed E-state index contributed by atoms with van der Waals surface area (Å²) in [5.74, 6) is 0. The van der Waals surface area contributed by atoms with Gasteiger partial charge in [0, 0.05) is 36.1 Å². The van der Waals surface area contributed by atoms with Crippen LogP contribution < -0.4 is 4.57 Å². The first kappa shape index (κ1) is 10.8.